The third kappa shape index (κ3) is 6.00. The Morgan fingerprint density at radius 2 is 1.93 bits per heavy atom. The number of likely N-dealkylation sites (N-methyl/N-ethyl adjacent to an activating group) is 2. The zero-order chi connectivity index (χ0) is 19.9. The smallest absolute Gasteiger partial charge is 0.226 e. The molecule has 6 nitrogen and oxygen atoms in total. The molecule has 0 aromatic carbocycles. The van der Waals surface area contributed by atoms with Gasteiger partial charge < -0.3 is 9.80 Å². The molecule has 2 fully saturated rings. The molecular weight excluding hydrogens is 350 g/mol. The second kappa shape index (κ2) is 10.3. The fourth-order valence-electron chi connectivity index (χ4n) is 4.50. The Labute approximate surface area is 170 Å². The van der Waals surface area contributed by atoms with Crippen molar-refractivity contribution < 1.29 is 4.79 Å². The molecule has 2 aliphatic rings. The van der Waals surface area contributed by atoms with Crippen LogP contribution in [0.5, 0.6) is 0 Å². The van der Waals surface area contributed by atoms with Gasteiger partial charge in [-0.2, -0.15) is 0 Å². The lowest BCUT2D eigenvalue weighted by atomic mass is 9.93. The van der Waals surface area contributed by atoms with E-state index < -0.39 is 0 Å². The molecule has 0 saturated carbocycles. The maximum Gasteiger partial charge on any atom is 0.226 e. The summed E-state index contributed by atoms with van der Waals surface area (Å²) < 4.78 is 0. The van der Waals surface area contributed by atoms with Gasteiger partial charge in [0.15, 0.2) is 0 Å². The molecular formula is C22H37N5O. The number of nitrogens with zero attached hydrogens (tertiary/aromatic N) is 5. The van der Waals surface area contributed by atoms with Crippen molar-refractivity contribution in [1.29, 1.82) is 0 Å². The predicted octanol–water partition coefficient (Wildman–Crippen LogP) is 1.78. The molecule has 0 bridgehead atoms. The summed E-state index contributed by atoms with van der Waals surface area (Å²) in [5.41, 5.74) is 1.30. The van der Waals surface area contributed by atoms with Gasteiger partial charge in [-0.05, 0) is 71.0 Å². The highest BCUT2D eigenvalue weighted by Crippen LogP contribution is 2.25. The van der Waals surface area contributed by atoms with Crippen molar-refractivity contribution in [2.75, 3.05) is 60.4 Å². The standard InChI is InChI=1S/C22H37N5O/c1-24(2)14-15-25(3)22(28)20-7-5-11-27(18-20)21-8-12-26(13-9-21)17-19-6-4-10-23-16-19/h4,6,10,16,20-21H,5,7-9,11-15,17-18H2,1-3H3/t20-/m1/s1. The number of aromatic nitrogens is 1. The molecule has 0 spiro atoms. The minimum Gasteiger partial charge on any atom is -0.344 e. The van der Waals surface area contributed by atoms with Gasteiger partial charge in [-0.3, -0.25) is 19.6 Å². The second-order valence-corrected chi connectivity index (χ2v) is 8.77. The van der Waals surface area contributed by atoms with Crippen LogP contribution in [0.3, 0.4) is 0 Å². The monoisotopic (exact) mass is 387 g/mol. The molecule has 2 saturated heterocycles. The fourth-order valence-corrected chi connectivity index (χ4v) is 4.50. The van der Waals surface area contributed by atoms with Crippen LogP contribution in [0.2, 0.25) is 0 Å². The van der Waals surface area contributed by atoms with Gasteiger partial charge in [-0.25, -0.2) is 0 Å². The van der Waals surface area contributed by atoms with Gasteiger partial charge in [0.2, 0.25) is 5.91 Å². The molecule has 1 atom stereocenters. The highest BCUT2D eigenvalue weighted by Gasteiger charge is 2.32. The summed E-state index contributed by atoms with van der Waals surface area (Å²) >= 11 is 0. The van der Waals surface area contributed by atoms with Gasteiger partial charge in [0.1, 0.15) is 0 Å². The maximum absolute atomic E-state index is 12.9. The van der Waals surface area contributed by atoms with Crippen molar-refractivity contribution in [1.82, 2.24) is 24.6 Å². The highest BCUT2D eigenvalue weighted by atomic mass is 16.2. The summed E-state index contributed by atoms with van der Waals surface area (Å²) in [5, 5.41) is 0. The van der Waals surface area contributed by atoms with E-state index in [-0.39, 0.29) is 5.92 Å². The summed E-state index contributed by atoms with van der Waals surface area (Å²) in [7, 11) is 6.07. The molecule has 1 aromatic heterocycles. The average molecular weight is 388 g/mol. The van der Waals surface area contributed by atoms with Crippen LogP contribution in [0.15, 0.2) is 24.5 Å². The van der Waals surface area contributed by atoms with Crippen molar-refractivity contribution in [3.05, 3.63) is 30.1 Å². The van der Waals surface area contributed by atoms with Crippen LogP contribution < -0.4 is 0 Å². The SMILES string of the molecule is CN(C)CCN(C)C(=O)[C@@H]1CCCN(C2CCN(Cc3cccnc3)CC2)C1. The Hall–Kier alpha value is -1.50. The minimum absolute atomic E-state index is 0.175. The van der Waals surface area contributed by atoms with Crippen LogP contribution in [0.1, 0.15) is 31.2 Å². The van der Waals surface area contributed by atoms with Gasteiger partial charge >= 0.3 is 0 Å². The van der Waals surface area contributed by atoms with Gasteiger partial charge in [-0.15, -0.1) is 0 Å². The first kappa shape index (κ1) is 21.2. The fraction of sp³-hybridized carbons (Fsp3) is 0.727. The Kier molecular flexibility index (Phi) is 7.82. The largest absolute Gasteiger partial charge is 0.344 e. The van der Waals surface area contributed by atoms with Gasteiger partial charge in [-0.1, -0.05) is 6.07 Å². The summed E-state index contributed by atoms with van der Waals surface area (Å²) in [6.07, 6.45) is 8.41. The van der Waals surface area contributed by atoms with E-state index in [1.165, 1.54) is 18.4 Å². The second-order valence-electron chi connectivity index (χ2n) is 8.77. The zero-order valence-corrected chi connectivity index (χ0v) is 17.9. The quantitative estimate of drug-likeness (QED) is 0.713. The van der Waals surface area contributed by atoms with E-state index in [4.69, 9.17) is 0 Å². The first-order valence-corrected chi connectivity index (χ1v) is 10.8. The van der Waals surface area contributed by atoms with Crippen molar-refractivity contribution >= 4 is 5.91 Å². The molecule has 2 aliphatic heterocycles. The molecule has 1 aromatic rings. The van der Waals surface area contributed by atoms with Crippen LogP contribution in [0.25, 0.3) is 0 Å². The van der Waals surface area contributed by atoms with E-state index in [1.54, 1.807) is 0 Å². The molecule has 0 N–H and O–H groups in total. The normalized spacial score (nSPS) is 22.5. The van der Waals surface area contributed by atoms with E-state index in [1.807, 2.05) is 30.4 Å². The van der Waals surface area contributed by atoms with E-state index in [9.17, 15) is 4.79 Å². The molecule has 0 radical (unpaired) electrons. The van der Waals surface area contributed by atoms with E-state index in [0.717, 1.165) is 58.7 Å². The summed E-state index contributed by atoms with van der Waals surface area (Å²) in [6, 6.07) is 4.81. The zero-order valence-electron chi connectivity index (χ0n) is 17.9. The molecule has 156 valence electrons. The minimum atomic E-state index is 0.175. The van der Waals surface area contributed by atoms with E-state index in [0.29, 0.717) is 11.9 Å². The lowest BCUT2D eigenvalue weighted by Gasteiger charge is -2.42. The predicted molar refractivity (Wildman–Crippen MR) is 113 cm³/mol. The highest BCUT2D eigenvalue weighted by molar-refractivity contribution is 5.78. The van der Waals surface area contributed by atoms with Crippen LogP contribution in [-0.4, -0.2) is 96.9 Å². The Morgan fingerprint density at radius 3 is 2.61 bits per heavy atom. The first-order chi connectivity index (χ1) is 13.5. The first-order valence-electron chi connectivity index (χ1n) is 10.8. The van der Waals surface area contributed by atoms with Crippen LogP contribution in [-0.2, 0) is 11.3 Å². The van der Waals surface area contributed by atoms with Crippen LogP contribution in [0.4, 0.5) is 0 Å². The molecule has 1 amide bonds. The van der Waals surface area contributed by atoms with Crippen LogP contribution in [0, 0.1) is 5.92 Å². The third-order valence-electron chi connectivity index (χ3n) is 6.26. The number of amides is 1. The van der Waals surface area contributed by atoms with E-state index in [2.05, 4.69) is 39.8 Å². The lowest BCUT2D eigenvalue weighted by Crippen LogP contribution is -2.51. The van der Waals surface area contributed by atoms with Gasteiger partial charge in [0.05, 0.1) is 5.92 Å². The Balaban J connectivity index is 1.45. The number of piperidine rings is 2. The van der Waals surface area contributed by atoms with Crippen LogP contribution >= 0.6 is 0 Å². The number of pyridine rings is 1. The van der Waals surface area contributed by atoms with Crippen molar-refractivity contribution in [3.8, 4) is 0 Å². The molecule has 6 heteroatoms. The summed E-state index contributed by atoms with van der Waals surface area (Å²) in [4.78, 5) is 26.3. The maximum atomic E-state index is 12.9. The Bertz CT molecular complexity index is 600. The van der Waals surface area contributed by atoms with Crippen molar-refractivity contribution in [3.63, 3.8) is 0 Å². The molecule has 3 heterocycles. The average Bonchev–Trinajstić information content (AvgIpc) is 2.73. The molecule has 28 heavy (non-hydrogen) atoms. The molecule has 0 unspecified atom stereocenters. The number of hydrogen-bond acceptors (Lipinski definition) is 5. The number of hydrogen-bond donors (Lipinski definition) is 0. The Morgan fingerprint density at radius 1 is 1.14 bits per heavy atom. The number of carbonyl (C=O) groups is 1. The number of rotatable bonds is 7. The number of likely N-dealkylation sites (tertiary alicyclic amines) is 2. The van der Waals surface area contributed by atoms with Crippen molar-refractivity contribution in [2.45, 2.75) is 38.3 Å². The van der Waals surface area contributed by atoms with Gasteiger partial charge in [0.25, 0.3) is 0 Å². The number of carbonyl (C=O) groups excluding carboxylic acids is 1. The summed E-state index contributed by atoms with van der Waals surface area (Å²) in [6.45, 7) is 7.10. The van der Waals surface area contributed by atoms with Gasteiger partial charge in [0, 0.05) is 51.7 Å². The lowest BCUT2D eigenvalue weighted by molar-refractivity contribution is -0.136. The van der Waals surface area contributed by atoms with E-state index >= 15 is 0 Å². The third-order valence-corrected chi connectivity index (χ3v) is 6.26. The molecule has 3 rings (SSSR count). The molecule has 0 aliphatic carbocycles. The van der Waals surface area contributed by atoms with Crippen molar-refractivity contribution in [2.24, 2.45) is 5.92 Å². The topological polar surface area (TPSA) is 42.9 Å². The summed E-state index contributed by atoms with van der Waals surface area (Å²) in [5.74, 6) is 0.509.